The Balaban J connectivity index is 2.13. The van der Waals surface area contributed by atoms with Crippen molar-refractivity contribution in [2.45, 2.75) is 32.4 Å². The average molecular weight is 301 g/mol. The van der Waals surface area contributed by atoms with Gasteiger partial charge in [0.2, 0.25) is 0 Å². The summed E-state index contributed by atoms with van der Waals surface area (Å²) in [6, 6.07) is 0. The average Bonchev–Trinajstić information content (AvgIpc) is 2.52. The van der Waals surface area contributed by atoms with Crippen LogP contribution in [-0.2, 0) is 12.8 Å². The second kappa shape index (κ2) is 8.07. The third-order valence-electron chi connectivity index (χ3n) is 3.21. The number of allylic oxidation sites excluding steroid dienone is 4. The Kier molecular flexibility index (Phi) is 5.82. The lowest BCUT2D eigenvalue weighted by Crippen LogP contribution is -2.41. The standard InChI is InChI=1S/C16H20FN5/c1-2-4-14-15(20-10-9-19-14)11-12(6-7-18)22-16-13(17)5-3-8-21-16/h3,5-10,16,18,21-22H,2,4,11H2,1H3/b12-6-,18-7?. The Labute approximate surface area is 129 Å². The monoisotopic (exact) mass is 301 g/mol. The number of aromatic nitrogens is 2. The zero-order valence-corrected chi connectivity index (χ0v) is 12.5. The molecule has 1 aromatic heterocycles. The first-order chi connectivity index (χ1) is 10.7. The first-order valence-corrected chi connectivity index (χ1v) is 7.27. The van der Waals surface area contributed by atoms with Gasteiger partial charge in [-0.15, -0.1) is 0 Å². The summed E-state index contributed by atoms with van der Waals surface area (Å²) in [6.45, 7) is 2.09. The lowest BCUT2D eigenvalue weighted by Gasteiger charge is -2.22. The van der Waals surface area contributed by atoms with Crippen LogP contribution >= 0.6 is 0 Å². The molecule has 116 valence electrons. The Morgan fingerprint density at radius 3 is 2.86 bits per heavy atom. The molecule has 0 spiro atoms. The van der Waals surface area contributed by atoms with Crippen LogP contribution in [0.2, 0.25) is 0 Å². The summed E-state index contributed by atoms with van der Waals surface area (Å²) in [5.41, 5.74) is 2.50. The van der Waals surface area contributed by atoms with Gasteiger partial charge in [-0.25, -0.2) is 4.39 Å². The van der Waals surface area contributed by atoms with Crippen molar-refractivity contribution in [3.8, 4) is 0 Å². The number of aryl methyl sites for hydroxylation is 1. The first kappa shape index (κ1) is 15.9. The molecule has 0 amide bonds. The molecule has 0 radical (unpaired) electrons. The third-order valence-corrected chi connectivity index (χ3v) is 3.21. The van der Waals surface area contributed by atoms with Crippen LogP contribution in [0.1, 0.15) is 24.7 Å². The number of hydrogen-bond acceptors (Lipinski definition) is 5. The van der Waals surface area contributed by atoms with E-state index in [2.05, 4.69) is 27.5 Å². The molecule has 1 unspecified atom stereocenters. The Morgan fingerprint density at radius 1 is 1.41 bits per heavy atom. The molecule has 1 aliphatic heterocycles. The van der Waals surface area contributed by atoms with Crippen LogP contribution in [-0.4, -0.2) is 22.3 Å². The second-order valence-electron chi connectivity index (χ2n) is 4.89. The highest BCUT2D eigenvalue weighted by Crippen LogP contribution is 2.13. The predicted molar refractivity (Wildman–Crippen MR) is 85.0 cm³/mol. The summed E-state index contributed by atoms with van der Waals surface area (Å²) in [6.07, 6.45) is 12.5. The van der Waals surface area contributed by atoms with Gasteiger partial charge in [0.25, 0.3) is 0 Å². The summed E-state index contributed by atoms with van der Waals surface area (Å²) in [7, 11) is 0. The normalized spacial score (nSPS) is 17.6. The molecule has 0 aliphatic carbocycles. The van der Waals surface area contributed by atoms with Gasteiger partial charge in [-0.05, 0) is 30.8 Å². The summed E-state index contributed by atoms with van der Waals surface area (Å²) in [5.74, 6) is -0.300. The number of hydrogen-bond donors (Lipinski definition) is 3. The molecule has 1 aliphatic rings. The molecule has 2 rings (SSSR count). The SMILES string of the molecule is CCCc1nccnc1C/C(=C/C=N)NC1NC=CC=C1F. The zero-order valence-electron chi connectivity index (χ0n) is 12.5. The van der Waals surface area contributed by atoms with Crippen molar-refractivity contribution in [3.05, 3.63) is 59.7 Å². The number of nitrogens with zero attached hydrogens (tertiary/aromatic N) is 2. The van der Waals surface area contributed by atoms with Crippen molar-refractivity contribution >= 4 is 6.21 Å². The molecule has 0 bridgehead atoms. The quantitative estimate of drug-likeness (QED) is 0.676. The fraction of sp³-hybridized carbons (Fsp3) is 0.312. The summed E-state index contributed by atoms with van der Waals surface area (Å²) in [5, 5.41) is 13.2. The van der Waals surface area contributed by atoms with E-state index in [1.165, 1.54) is 12.3 Å². The van der Waals surface area contributed by atoms with E-state index < -0.39 is 6.17 Å². The van der Waals surface area contributed by atoms with Gasteiger partial charge in [-0.2, -0.15) is 0 Å². The van der Waals surface area contributed by atoms with Crippen LogP contribution in [0.15, 0.2) is 48.3 Å². The van der Waals surface area contributed by atoms with Crippen LogP contribution in [0, 0.1) is 5.41 Å². The van der Waals surface area contributed by atoms with Crippen LogP contribution < -0.4 is 10.6 Å². The van der Waals surface area contributed by atoms with Gasteiger partial charge in [0.1, 0.15) is 12.0 Å². The molecule has 1 atom stereocenters. The number of rotatable bonds is 7. The molecule has 22 heavy (non-hydrogen) atoms. The van der Waals surface area contributed by atoms with Crippen molar-refractivity contribution in [1.82, 2.24) is 20.6 Å². The Hall–Kier alpha value is -2.50. The van der Waals surface area contributed by atoms with Gasteiger partial charge >= 0.3 is 0 Å². The number of halogens is 1. The molecule has 0 saturated heterocycles. The second-order valence-corrected chi connectivity index (χ2v) is 4.89. The molecule has 5 nitrogen and oxygen atoms in total. The van der Waals surface area contributed by atoms with E-state index in [4.69, 9.17) is 5.41 Å². The van der Waals surface area contributed by atoms with Gasteiger partial charge in [0, 0.05) is 30.7 Å². The fourth-order valence-corrected chi connectivity index (χ4v) is 2.19. The van der Waals surface area contributed by atoms with E-state index in [-0.39, 0.29) is 5.83 Å². The minimum absolute atomic E-state index is 0.300. The molecule has 0 saturated carbocycles. The molecule has 6 heteroatoms. The maximum Gasteiger partial charge on any atom is 0.149 e. The smallest absolute Gasteiger partial charge is 0.149 e. The van der Waals surface area contributed by atoms with E-state index in [0.29, 0.717) is 12.1 Å². The van der Waals surface area contributed by atoms with Crippen molar-refractivity contribution < 1.29 is 4.39 Å². The molecular formula is C16H20FN5. The number of dihydropyridines is 1. The van der Waals surface area contributed by atoms with Crippen LogP contribution in [0.3, 0.4) is 0 Å². The predicted octanol–water partition coefficient (Wildman–Crippen LogP) is 2.39. The van der Waals surface area contributed by atoms with Gasteiger partial charge in [0.15, 0.2) is 0 Å². The van der Waals surface area contributed by atoms with Gasteiger partial charge < -0.3 is 16.0 Å². The minimum atomic E-state index is -0.623. The molecule has 3 N–H and O–H groups in total. The highest BCUT2D eigenvalue weighted by atomic mass is 19.1. The van der Waals surface area contributed by atoms with Crippen molar-refractivity contribution in [2.75, 3.05) is 0 Å². The Morgan fingerprint density at radius 2 is 2.18 bits per heavy atom. The largest absolute Gasteiger partial charge is 0.366 e. The van der Waals surface area contributed by atoms with Crippen molar-refractivity contribution in [1.29, 1.82) is 5.41 Å². The number of nitrogens with one attached hydrogen (secondary N) is 3. The van der Waals surface area contributed by atoms with E-state index in [9.17, 15) is 4.39 Å². The fourth-order valence-electron chi connectivity index (χ4n) is 2.19. The summed E-state index contributed by atoms with van der Waals surface area (Å²) >= 11 is 0. The molecular weight excluding hydrogens is 281 g/mol. The van der Waals surface area contributed by atoms with E-state index in [1.807, 2.05) is 0 Å². The lowest BCUT2D eigenvalue weighted by molar-refractivity contribution is 0.454. The first-order valence-electron chi connectivity index (χ1n) is 7.27. The van der Waals surface area contributed by atoms with Crippen LogP contribution in [0.5, 0.6) is 0 Å². The van der Waals surface area contributed by atoms with Crippen molar-refractivity contribution in [3.63, 3.8) is 0 Å². The van der Waals surface area contributed by atoms with Gasteiger partial charge in [-0.3, -0.25) is 9.97 Å². The molecule has 0 fully saturated rings. The zero-order chi connectivity index (χ0) is 15.8. The summed E-state index contributed by atoms with van der Waals surface area (Å²) < 4.78 is 13.8. The van der Waals surface area contributed by atoms with E-state index in [0.717, 1.165) is 24.2 Å². The topological polar surface area (TPSA) is 73.7 Å². The summed E-state index contributed by atoms with van der Waals surface area (Å²) in [4.78, 5) is 8.73. The van der Waals surface area contributed by atoms with Gasteiger partial charge in [0.05, 0.1) is 11.4 Å². The maximum atomic E-state index is 13.8. The van der Waals surface area contributed by atoms with Crippen molar-refractivity contribution in [2.24, 2.45) is 0 Å². The highest BCUT2D eigenvalue weighted by molar-refractivity contribution is 5.68. The van der Waals surface area contributed by atoms with Crippen LogP contribution in [0.4, 0.5) is 4.39 Å². The Bertz CT molecular complexity index is 606. The molecule has 2 heterocycles. The van der Waals surface area contributed by atoms with E-state index >= 15 is 0 Å². The molecule has 1 aromatic rings. The third kappa shape index (κ3) is 4.25. The maximum absolute atomic E-state index is 13.8. The molecule has 0 aromatic carbocycles. The minimum Gasteiger partial charge on any atom is -0.366 e. The lowest BCUT2D eigenvalue weighted by atomic mass is 10.1. The van der Waals surface area contributed by atoms with Crippen LogP contribution in [0.25, 0.3) is 0 Å². The van der Waals surface area contributed by atoms with E-state index in [1.54, 1.807) is 30.7 Å². The van der Waals surface area contributed by atoms with Gasteiger partial charge in [-0.1, -0.05) is 13.3 Å². The highest BCUT2D eigenvalue weighted by Gasteiger charge is 2.16.